The van der Waals surface area contributed by atoms with Gasteiger partial charge in [-0.25, -0.2) is 0 Å². The fourth-order valence-electron chi connectivity index (χ4n) is 1.40. The van der Waals surface area contributed by atoms with Gasteiger partial charge in [-0.15, -0.1) is 0 Å². The second-order valence-electron chi connectivity index (χ2n) is 3.95. The van der Waals surface area contributed by atoms with Crippen LogP contribution in [0.4, 0.5) is 0 Å². The van der Waals surface area contributed by atoms with Crippen LogP contribution in [-0.4, -0.2) is 43.0 Å². The van der Waals surface area contributed by atoms with E-state index in [1.165, 1.54) is 0 Å². The molecular formula is C12H27N3. The van der Waals surface area contributed by atoms with Gasteiger partial charge in [0.2, 0.25) is 0 Å². The molecule has 1 atom stereocenters. The lowest BCUT2D eigenvalue weighted by atomic mass is 10.2. The normalized spacial score (nSPS) is 14.4. The standard InChI is InChI=1S/C12H27N3/c1-6-11(4)14-12(5)13-9-10-15(7-2)8-3/h11H,6-10H2,1-5H3,(H,13,14). The highest BCUT2D eigenvalue weighted by molar-refractivity contribution is 5.79. The Kier molecular flexibility index (Phi) is 8.38. The van der Waals surface area contributed by atoms with Crippen molar-refractivity contribution in [2.45, 2.75) is 47.1 Å². The van der Waals surface area contributed by atoms with E-state index in [4.69, 9.17) is 0 Å². The molecule has 0 spiro atoms. The maximum Gasteiger partial charge on any atom is 0.0934 e. The average Bonchev–Trinajstić information content (AvgIpc) is 2.24. The average molecular weight is 213 g/mol. The molecule has 1 unspecified atom stereocenters. The van der Waals surface area contributed by atoms with Gasteiger partial charge >= 0.3 is 0 Å². The molecule has 0 aliphatic heterocycles. The van der Waals surface area contributed by atoms with Crippen molar-refractivity contribution in [1.29, 1.82) is 0 Å². The van der Waals surface area contributed by atoms with Gasteiger partial charge in [-0.3, -0.25) is 4.99 Å². The van der Waals surface area contributed by atoms with Crippen LogP contribution in [0.25, 0.3) is 0 Å². The SMILES string of the molecule is CCC(C)NC(C)=NCCN(CC)CC. The predicted octanol–water partition coefficient (Wildman–Crippen LogP) is 2.13. The van der Waals surface area contributed by atoms with Gasteiger partial charge in [-0.05, 0) is 33.4 Å². The lowest BCUT2D eigenvalue weighted by molar-refractivity contribution is 0.313. The molecule has 0 aliphatic rings. The summed E-state index contributed by atoms with van der Waals surface area (Å²) in [6, 6.07) is 0.530. The fourth-order valence-corrected chi connectivity index (χ4v) is 1.40. The summed E-state index contributed by atoms with van der Waals surface area (Å²) < 4.78 is 0. The molecule has 0 saturated heterocycles. The van der Waals surface area contributed by atoms with E-state index in [2.05, 4.69) is 42.9 Å². The molecule has 0 radical (unpaired) electrons. The third-order valence-electron chi connectivity index (χ3n) is 2.73. The highest BCUT2D eigenvalue weighted by Crippen LogP contribution is 1.90. The van der Waals surface area contributed by atoms with Crippen molar-refractivity contribution in [2.75, 3.05) is 26.2 Å². The van der Waals surface area contributed by atoms with Crippen molar-refractivity contribution < 1.29 is 0 Å². The van der Waals surface area contributed by atoms with E-state index in [9.17, 15) is 0 Å². The minimum Gasteiger partial charge on any atom is -0.372 e. The molecule has 0 saturated carbocycles. The van der Waals surface area contributed by atoms with Crippen LogP contribution < -0.4 is 5.32 Å². The summed E-state index contributed by atoms with van der Waals surface area (Å²) in [5.41, 5.74) is 0. The summed E-state index contributed by atoms with van der Waals surface area (Å²) in [6.45, 7) is 15.0. The van der Waals surface area contributed by atoms with Crippen molar-refractivity contribution >= 4 is 5.84 Å². The van der Waals surface area contributed by atoms with E-state index in [1.807, 2.05) is 6.92 Å². The zero-order chi connectivity index (χ0) is 11.7. The first-order valence-corrected chi connectivity index (χ1v) is 6.13. The Balaban J connectivity index is 3.75. The van der Waals surface area contributed by atoms with Crippen molar-refractivity contribution in [3.63, 3.8) is 0 Å². The van der Waals surface area contributed by atoms with Crippen LogP contribution in [0.2, 0.25) is 0 Å². The third kappa shape index (κ3) is 7.37. The predicted molar refractivity (Wildman–Crippen MR) is 68.7 cm³/mol. The Morgan fingerprint density at radius 2 is 1.87 bits per heavy atom. The maximum atomic E-state index is 4.51. The van der Waals surface area contributed by atoms with E-state index in [1.54, 1.807) is 0 Å². The van der Waals surface area contributed by atoms with E-state index in [0.717, 1.165) is 38.4 Å². The smallest absolute Gasteiger partial charge is 0.0934 e. The van der Waals surface area contributed by atoms with Crippen LogP contribution in [0.1, 0.15) is 41.0 Å². The highest BCUT2D eigenvalue weighted by Gasteiger charge is 1.99. The summed E-state index contributed by atoms with van der Waals surface area (Å²) in [5, 5.41) is 3.37. The Morgan fingerprint density at radius 3 is 2.33 bits per heavy atom. The lowest BCUT2D eigenvalue weighted by Crippen LogP contribution is -2.31. The van der Waals surface area contributed by atoms with Crippen molar-refractivity contribution in [1.82, 2.24) is 10.2 Å². The minimum absolute atomic E-state index is 0.530. The number of hydrogen-bond acceptors (Lipinski definition) is 2. The molecule has 90 valence electrons. The highest BCUT2D eigenvalue weighted by atomic mass is 15.1. The Hall–Kier alpha value is -0.570. The zero-order valence-electron chi connectivity index (χ0n) is 11.0. The molecule has 0 amide bonds. The number of aliphatic imine (C=N–C) groups is 1. The number of amidine groups is 1. The lowest BCUT2D eigenvalue weighted by Gasteiger charge is -2.17. The molecule has 1 N–H and O–H groups in total. The first-order chi connectivity index (χ1) is 7.13. The second kappa shape index (κ2) is 8.72. The molecule has 0 bridgehead atoms. The summed E-state index contributed by atoms with van der Waals surface area (Å²) >= 11 is 0. The van der Waals surface area contributed by atoms with Gasteiger partial charge in [0.1, 0.15) is 0 Å². The van der Waals surface area contributed by atoms with Crippen molar-refractivity contribution in [3.05, 3.63) is 0 Å². The van der Waals surface area contributed by atoms with Gasteiger partial charge in [0.15, 0.2) is 0 Å². The zero-order valence-corrected chi connectivity index (χ0v) is 11.0. The quantitative estimate of drug-likeness (QED) is 0.518. The van der Waals surface area contributed by atoms with Gasteiger partial charge in [0.05, 0.1) is 12.4 Å². The molecule has 0 fully saturated rings. The number of likely N-dealkylation sites (N-methyl/N-ethyl adjacent to an activating group) is 1. The Labute approximate surface area is 95.0 Å². The van der Waals surface area contributed by atoms with Crippen molar-refractivity contribution in [2.24, 2.45) is 4.99 Å². The third-order valence-corrected chi connectivity index (χ3v) is 2.73. The van der Waals surface area contributed by atoms with Crippen LogP contribution in [0.5, 0.6) is 0 Å². The summed E-state index contributed by atoms with van der Waals surface area (Å²) in [6.07, 6.45) is 1.14. The number of rotatable bonds is 7. The fraction of sp³-hybridized carbons (Fsp3) is 0.917. The molecule has 15 heavy (non-hydrogen) atoms. The van der Waals surface area contributed by atoms with E-state index in [0.29, 0.717) is 6.04 Å². The molecule has 0 aromatic carbocycles. The first kappa shape index (κ1) is 14.4. The molecule has 3 heteroatoms. The molecule has 0 heterocycles. The number of nitrogens with one attached hydrogen (secondary N) is 1. The second-order valence-corrected chi connectivity index (χ2v) is 3.95. The molecular weight excluding hydrogens is 186 g/mol. The summed E-state index contributed by atoms with van der Waals surface area (Å²) in [7, 11) is 0. The molecule has 0 aromatic heterocycles. The topological polar surface area (TPSA) is 27.6 Å². The van der Waals surface area contributed by atoms with E-state index >= 15 is 0 Å². The number of hydrogen-bond donors (Lipinski definition) is 1. The summed E-state index contributed by atoms with van der Waals surface area (Å²) in [5.74, 6) is 1.07. The largest absolute Gasteiger partial charge is 0.372 e. The number of nitrogens with zero attached hydrogens (tertiary/aromatic N) is 2. The van der Waals surface area contributed by atoms with Crippen LogP contribution in [0.3, 0.4) is 0 Å². The Bertz CT molecular complexity index is 174. The maximum absolute atomic E-state index is 4.51. The van der Waals surface area contributed by atoms with Gasteiger partial charge in [-0.2, -0.15) is 0 Å². The molecule has 0 aliphatic carbocycles. The van der Waals surface area contributed by atoms with Crippen LogP contribution in [0.15, 0.2) is 4.99 Å². The minimum atomic E-state index is 0.530. The summed E-state index contributed by atoms with van der Waals surface area (Å²) in [4.78, 5) is 6.90. The molecule has 0 aromatic rings. The molecule has 3 nitrogen and oxygen atoms in total. The Morgan fingerprint density at radius 1 is 1.27 bits per heavy atom. The van der Waals surface area contributed by atoms with Crippen LogP contribution in [0, 0.1) is 0 Å². The van der Waals surface area contributed by atoms with E-state index < -0.39 is 0 Å². The van der Waals surface area contributed by atoms with Crippen LogP contribution in [-0.2, 0) is 0 Å². The van der Waals surface area contributed by atoms with Gasteiger partial charge in [0.25, 0.3) is 0 Å². The first-order valence-electron chi connectivity index (χ1n) is 6.13. The van der Waals surface area contributed by atoms with E-state index in [-0.39, 0.29) is 0 Å². The van der Waals surface area contributed by atoms with Gasteiger partial charge in [-0.1, -0.05) is 20.8 Å². The van der Waals surface area contributed by atoms with Gasteiger partial charge in [0, 0.05) is 12.6 Å². The van der Waals surface area contributed by atoms with Crippen molar-refractivity contribution in [3.8, 4) is 0 Å². The van der Waals surface area contributed by atoms with Crippen LogP contribution >= 0.6 is 0 Å². The monoisotopic (exact) mass is 213 g/mol. The van der Waals surface area contributed by atoms with Gasteiger partial charge < -0.3 is 10.2 Å². The molecule has 0 rings (SSSR count).